The lowest BCUT2D eigenvalue weighted by Gasteiger charge is -2.25. The summed E-state index contributed by atoms with van der Waals surface area (Å²) in [7, 11) is 2.97. The monoisotopic (exact) mass is 480 g/mol. The molecular weight excluding hydrogens is 452 g/mol. The predicted molar refractivity (Wildman–Crippen MR) is 127 cm³/mol. The fourth-order valence-corrected chi connectivity index (χ4v) is 4.73. The molecule has 1 aliphatic heterocycles. The molecule has 3 atom stereocenters. The van der Waals surface area contributed by atoms with Crippen LogP contribution in [-0.4, -0.2) is 44.5 Å². The van der Waals surface area contributed by atoms with Gasteiger partial charge in [0.1, 0.15) is 11.5 Å². The van der Waals surface area contributed by atoms with Crippen molar-refractivity contribution in [1.82, 2.24) is 0 Å². The number of hydrogen-bond acceptors (Lipinski definition) is 7. The molecule has 1 heterocycles. The number of anilines is 2. The van der Waals surface area contributed by atoms with Crippen molar-refractivity contribution in [3.05, 3.63) is 48.0 Å². The van der Waals surface area contributed by atoms with Crippen molar-refractivity contribution in [3.63, 3.8) is 0 Å². The number of nitrogens with zero attached hydrogens (tertiary/aromatic N) is 1. The van der Waals surface area contributed by atoms with E-state index in [0.717, 1.165) is 6.42 Å². The van der Waals surface area contributed by atoms with Gasteiger partial charge >= 0.3 is 5.97 Å². The van der Waals surface area contributed by atoms with Crippen LogP contribution in [0.4, 0.5) is 11.4 Å². The van der Waals surface area contributed by atoms with Crippen LogP contribution in [0.25, 0.3) is 0 Å². The maximum absolute atomic E-state index is 13.0. The van der Waals surface area contributed by atoms with Gasteiger partial charge in [0.05, 0.1) is 43.0 Å². The van der Waals surface area contributed by atoms with E-state index >= 15 is 0 Å². The Morgan fingerprint density at radius 2 is 1.77 bits per heavy atom. The van der Waals surface area contributed by atoms with E-state index in [9.17, 15) is 19.2 Å². The molecular formula is C26H28N2O7. The number of methoxy groups -OCH3 is 2. The largest absolute Gasteiger partial charge is 0.497 e. The summed E-state index contributed by atoms with van der Waals surface area (Å²) in [5.41, 5.74) is 0.844. The molecule has 1 saturated carbocycles. The van der Waals surface area contributed by atoms with E-state index in [0.29, 0.717) is 41.6 Å². The summed E-state index contributed by atoms with van der Waals surface area (Å²) >= 11 is 0. The molecule has 9 nitrogen and oxygen atoms in total. The van der Waals surface area contributed by atoms with E-state index in [2.05, 4.69) is 12.2 Å². The molecule has 184 valence electrons. The van der Waals surface area contributed by atoms with Crippen molar-refractivity contribution in [2.75, 3.05) is 31.0 Å². The number of esters is 1. The molecule has 0 unspecified atom stereocenters. The number of carbonyl (C=O) groups excluding carboxylic acids is 4. The Bertz CT molecular complexity index is 1160. The molecule has 1 saturated heterocycles. The van der Waals surface area contributed by atoms with Crippen molar-refractivity contribution in [2.24, 2.45) is 17.8 Å². The number of benzene rings is 2. The van der Waals surface area contributed by atoms with Crippen molar-refractivity contribution in [2.45, 2.75) is 26.2 Å². The van der Waals surface area contributed by atoms with Crippen LogP contribution in [0, 0.1) is 17.8 Å². The van der Waals surface area contributed by atoms with Gasteiger partial charge in [0.15, 0.2) is 6.61 Å². The van der Waals surface area contributed by atoms with Crippen LogP contribution in [0.3, 0.4) is 0 Å². The molecule has 9 heteroatoms. The smallest absolute Gasteiger partial charge is 0.338 e. The molecule has 0 bridgehead atoms. The van der Waals surface area contributed by atoms with E-state index in [-0.39, 0.29) is 29.2 Å². The molecule has 35 heavy (non-hydrogen) atoms. The average Bonchev–Trinajstić information content (AvgIpc) is 3.11. The number of carbonyl (C=O) groups is 4. The number of fused-ring (bicyclic) bond motifs is 1. The number of amides is 3. The minimum atomic E-state index is -0.746. The maximum Gasteiger partial charge on any atom is 0.338 e. The lowest BCUT2D eigenvalue weighted by atomic mass is 9.76. The van der Waals surface area contributed by atoms with Crippen LogP contribution in [0.2, 0.25) is 0 Å². The molecule has 0 radical (unpaired) electrons. The standard InChI is InChI=1S/C26H28N2O7/c1-15-7-9-19-20(11-15)25(31)28(24(19)30)17-6-4-5-16(12-17)26(32)35-14-23(29)27-21-13-18(33-2)8-10-22(21)34-3/h4-6,8,10,12-13,15,19-20H,7,9,11,14H2,1-3H3,(H,27,29)/t15-,19-,20+/m1/s1. The number of hydrogen-bond donors (Lipinski definition) is 1. The molecule has 1 N–H and O–H groups in total. The third kappa shape index (κ3) is 4.99. The summed E-state index contributed by atoms with van der Waals surface area (Å²) in [5, 5.41) is 2.62. The molecule has 0 aromatic heterocycles. The first-order chi connectivity index (χ1) is 16.8. The number of nitrogens with one attached hydrogen (secondary N) is 1. The Hall–Kier alpha value is -3.88. The average molecular weight is 481 g/mol. The summed E-state index contributed by atoms with van der Waals surface area (Å²) in [6.45, 7) is 1.56. The molecule has 4 rings (SSSR count). The van der Waals surface area contributed by atoms with Gasteiger partial charge in [-0.2, -0.15) is 0 Å². The normalized spacial score (nSPS) is 21.3. The summed E-state index contributed by atoms with van der Waals surface area (Å²) < 4.78 is 15.5. The molecule has 2 fully saturated rings. The molecule has 2 aliphatic rings. The van der Waals surface area contributed by atoms with Crippen LogP contribution in [0.1, 0.15) is 36.5 Å². The fourth-order valence-electron chi connectivity index (χ4n) is 4.73. The lowest BCUT2D eigenvalue weighted by Crippen LogP contribution is -2.31. The molecule has 3 amide bonds. The quantitative estimate of drug-likeness (QED) is 0.477. The van der Waals surface area contributed by atoms with Gasteiger partial charge in [0, 0.05) is 6.07 Å². The number of ether oxygens (including phenoxy) is 3. The second-order valence-electron chi connectivity index (χ2n) is 8.88. The van der Waals surface area contributed by atoms with Gasteiger partial charge in [-0.05, 0) is 55.5 Å². The number of rotatable bonds is 7. The summed E-state index contributed by atoms with van der Waals surface area (Å²) in [4.78, 5) is 52.1. The van der Waals surface area contributed by atoms with Gasteiger partial charge in [-0.3, -0.25) is 19.3 Å². The van der Waals surface area contributed by atoms with Gasteiger partial charge in [0.2, 0.25) is 11.8 Å². The fraction of sp³-hybridized carbons (Fsp3) is 0.385. The van der Waals surface area contributed by atoms with Gasteiger partial charge in [-0.25, -0.2) is 4.79 Å². The van der Waals surface area contributed by atoms with Crippen LogP contribution < -0.4 is 19.7 Å². The van der Waals surface area contributed by atoms with Crippen LogP contribution in [0.5, 0.6) is 11.5 Å². The van der Waals surface area contributed by atoms with Crippen LogP contribution in [0.15, 0.2) is 42.5 Å². The van der Waals surface area contributed by atoms with Crippen LogP contribution in [-0.2, 0) is 19.1 Å². The zero-order valence-corrected chi connectivity index (χ0v) is 19.9. The van der Waals surface area contributed by atoms with Gasteiger partial charge in [-0.1, -0.05) is 13.0 Å². The van der Waals surface area contributed by atoms with E-state index in [4.69, 9.17) is 14.2 Å². The van der Waals surface area contributed by atoms with Gasteiger partial charge in [-0.15, -0.1) is 0 Å². The summed E-state index contributed by atoms with van der Waals surface area (Å²) in [6, 6.07) is 11.1. The highest BCUT2D eigenvalue weighted by Crippen LogP contribution is 2.42. The minimum Gasteiger partial charge on any atom is -0.497 e. The highest BCUT2D eigenvalue weighted by Gasteiger charge is 2.50. The lowest BCUT2D eigenvalue weighted by molar-refractivity contribution is -0.122. The third-order valence-electron chi connectivity index (χ3n) is 6.54. The zero-order chi connectivity index (χ0) is 25.1. The second-order valence-corrected chi connectivity index (χ2v) is 8.88. The first-order valence-corrected chi connectivity index (χ1v) is 11.5. The van der Waals surface area contributed by atoms with E-state index < -0.39 is 18.5 Å². The van der Waals surface area contributed by atoms with Crippen molar-refractivity contribution >= 4 is 35.1 Å². The minimum absolute atomic E-state index is 0.137. The Morgan fingerprint density at radius 3 is 2.51 bits per heavy atom. The van der Waals surface area contributed by atoms with Crippen molar-refractivity contribution < 1.29 is 33.4 Å². The predicted octanol–water partition coefficient (Wildman–Crippen LogP) is 3.42. The zero-order valence-electron chi connectivity index (χ0n) is 19.9. The summed E-state index contributed by atoms with van der Waals surface area (Å²) in [6.07, 6.45) is 2.31. The Balaban J connectivity index is 1.41. The summed E-state index contributed by atoms with van der Waals surface area (Å²) in [5.74, 6) is -1.01. The topological polar surface area (TPSA) is 111 Å². The third-order valence-corrected chi connectivity index (χ3v) is 6.54. The van der Waals surface area contributed by atoms with Gasteiger partial charge in [0.25, 0.3) is 5.91 Å². The highest BCUT2D eigenvalue weighted by molar-refractivity contribution is 6.22. The number of imide groups is 1. The Labute approximate surface area is 203 Å². The van der Waals surface area contributed by atoms with Crippen molar-refractivity contribution in [3.8, 4) is 11.5 Å². The molecule has 2 aromatic rings. The Kier molecular flexibility index (Phi) is 7.04. The van der Waals surface area contributed by atoms with Gasteiger partial charge < -0.3 is 19.5 Å². The van der Waals surface area contributed by atoms with E-state index in [1.54, 1.807) is 30.3 Å². The first-order valence-electron chi connectivity index (χ1n) is 11.5. The molecule has 0 spiro atoms. The molecule has 1 aliphatic carbocycles. The van der Waals surface area contributed by atoms with Crippen molar-refractivity contribution in [1.29, 1.82) is 0 Å². The first kappa shape index (κ1) is 24.3. The second kappa shape index (κ2) is 10.2. The van der Waals surface area contributed by atoms with E-state index in [1.165, 1.54) is 31.3 Å². The van der Waals surface area contributed by atoms with Crippen LogP contribution >= 0.6 is 0 Å². The Morgan fingerprint density at radius 1 is 1.00 bits per heavy atom. The molecule has 2 aromatic carbocycles. The SMILES string of the molecule is COc1ccc(OC)c(NC(=O)COC(=O)c2cccc(N3C(=O)[C@H]4C[C@H](C)CC[C@H]4C3=O)c2)c1. The highest BCUT2D eigenvalue weighted by atomic mass is 16.5. The van der Waals surface area contributed by atoms with E-state index in [1.807, 2.05) is 0 Å². The maximum atomic E-state index is 13.0.